The molecule has 1 amide bonds. The largest absolute Gasteiger partial charge is 0.352 e. The number of amides is 1. The first kappa shape index (κ1) is 20.7. The van der Waals surface area contributed by atoms with Crippen molar-refractivity contribution in [3.63, 3.8) is 0 Å². The molecule has 0 aliphatic heterocycles. The van der Waals surface area contributed by atoms with E-state index >= 15 is 0 Å². The van der Waals surface area contributed by atoms with Crippen molar-refractivity contribution >= 4 is 43.2 Å². The molecule has 0 saturated carbocycles. The van der Waals surface area contributed by atoms with Crippen molar-refractivity contribution in [1.29, 1.82) is 0 Å². The number of halogens is 1. The van der Waals surface area contributed by atoms with Crippen molar-refractivity contribution in [1.82, 2.24) is 15.0 Å². The first-order chi connectivity index (χ1) is 13.4. The van der Waals surface area contributed by atoms with Crippen LogP contribution in [-0.2, 0) is 21.4 Å². The number of carbonyl (C=O) groups excluding carboxylic acids is 1. The number of nitrogens with one attached hydrogen (secondary N) is 2. The lowest BCUT2D eigenvalue weighted by atomic mass is 10.2. The van der Waals surface area contributed by atoms with Crippen molar-refractivity contribution in [2.45, 2.75) is 18.0 Å². The Morgan fingerprint density at radius 2 is 1.79 bits per heavy atom. The van der Waals surface area contributed by atoms with Gasteiger partial charge in [-0.2, -0.15) is 0 Å². The fourth-order valence-corrected chi connectivity index (χ4v) is 4.76. The monoisotopic (exact) mass is 479 g/mol. The Bertz CT molecular complexity index is 1040. The van der Waals surface area contributed by atoms with Gasteiger partial charge in [-0.3, -0.25) is 4.79 Å². The number of aromatic nitrogens is 1. The molecule has 0 saturated heterocycles. The van der Waals surface area contributed by atoms with Gasteiger partial charge in [0.15, 0.2) is 5.03 Å². The average molecular weight is 480 g/mol. The number of carbonyl (C=O) groups is 1. The molecular weight excluding hydrogens is 462 g/mol. The highest BCUT2D eigenvalue weighted by molar-refractivity contribution is 9.10. The molecule has 9 heteroatoms. The summed E-state index contributed by atoms with van der Waals surface area (Å²) in [6.07, 6.45) is 0.0514. The Labute approximate surface area is 176 Å². The maximum atomic E-state index is 12.4. The van der Waals surface area contributed by atoms with E-state index in [1.165, 1.54) is 16.7 Å². The van der Waals surface area contributed by atoms with Gasteiger partial charge >= 0.3 is 0 Å². The number of hydrogen-bond acceptors (Lipinski definition) is 5. The average Bonchev–Trinajstić information content (AvgIpc) is 3.19. The van der Waals surface area contributed by atoms with Gasteiger partial charge < -0.3 is 5.32 Å². The van der Waals surface area contributed by atoms with Crippen LogP contribution in [0.3, 0.4) is 0 Å². The van der Waals surface area contributed by atoms with Gasteiger partial charge in [-0.25, -0.2) is 18.1 Å². The molecular formula is C19H18BrN3O3S2. The normalized spacial score (nSPS) is 11.3. The third-order valence-electron chi connectivity index (χ3n) is 3.83. The van der Waals surface area contributed by atoms with Gasteiger partial charge in [0.25, 0.3) is 10.0 Å². The lowest BCUT2D eigenvalue weighted by molar-refractivity contribution is -0.121. The third-order valence-corrected chi connectivity index (χ3v) is 6.74. The fourth-order valence-electron chi connectivity index (χ4n) is 2.37. The summed E-state index contributed by atoms with van der Waals surface area (Å²) in [5.41, 5.74) is 1.83. The van der Waals surface area contributed by atoms with Crippen LogP contribution in [0.25, 0.3) is 10.6 Å². The van der Waals surface area contributed by atoms with Crippen LogP contribution in [0.1, 0.15) is 12.0 Å². The highest BCUT2D eigenvalue weighted by atomic mass is 79.9. The minimum absolute atomic E-state index is 0.00804. The molecule has 6 nitrogen and oxygen atoms in total. The SMILES string of the molecule is O=C(CCNS(=O)(=O)c1csc(-c2ccc(Br)cc2)n1)NCc1ccccc1. The number of rotatable bonds is 8. The zero-order chi connectivity index (χ0) is 20.0. The zero-order valence-corrected chi connectivity index (χ0v) is 18.0. The van der Waals surface area contributed by atoms with Crippen LogP contribution in [0.4, 0.5) is 0 Å². The minimum atomic E-state index is -3.76. The minimum Gasteiger partial charge on any atom is -0.352 e. The summed E-state index contributed by atoms with van der Waals surface area (Å²) < 4.78 is 28.1. The molecule has 0 bridgehead atoms. The van der Waals surface area contributed by atoms with Gasteiger partial charge in [-0.1, -0.05) is 58.4 Å². The molecule has 1 aromatic heterocycles. The quantitative estimate of drug-likeness (QED) is 0.516. The van der Waals surface area contributed by atoms with Gasteiger partial charge in [-0.05, 0) is 17.7 Å². The molecule has 0 aliphatic carbocycles. The molecule has 0 fully saturated rings. The van der Waals surface area contributed by atoms with E-state index in [4.69, 9.17) is 0 Å². The predicted octanol–water partition coefficient (Wildman–Crippen LogP) is 3.56. The Balaban J connectivity index is 1.51. The molecule has 0 aliphatic rings. The molecule has 146 valence electrons. The van der Waals surface area contributed by atoms with Gasteiger partial charge in [0.2, 0.25) is 5.91 Å². The molecule has 3 rings (SSSR count). The Kier molecular flexibility index (Phi) is 6.95. The van der Waals surface area contributed by atoms with Crippen molar-refractivity contribution in [3.05, 3.63) is 70.0 Å². The van der Waals surface area contributed by atoms with Gasteiger partial charge in [0.05, 0.1) is 0 Å². The van der Waals surface area contributed by atoms with Crippen LogP contribution in [0.15, 0.2) is 69.5 Å². The smallest absolute Gasteiger partial charge is 0.258 e. The zero-order valence-electron chi connectivity index (χ0n) is 14.8. The number of nitrogens with zero attached hydrogens (tertiary/aromatic N) is 1. The van der Waals surface area contributed by atoms with Crippen LogP contribution in [0.2, 0.25) is 0 Å². The summed E-state index contributed by atoms with van der Waals surface area (Å²) >= 11 is 4.62. The molecule has 0 spiro atoms. The van der Waals surface area contributed by atoms with Crippen molar-refractivity contribution < 1.29 is 13.2 Å². The Hall–Kier alpha value is -2.07. The first-order valence-electron chi connectivity index (χ1n) is 8.46. The van der Waals surface area contributed by atoms with Crippen LogP contribution >= 0.6 is 27.3 Å². The maximum Gasteiger partial charge on any atom is 0.258 e. The first-order valence-corrected chi connectivity index (χ1v) is 11.6. The summed E-state index contributed by atoms with van der Waals surface area (Å²) in [4.78, 5) is 16.1. The van der Waals surface area contributed by atoms with Gasteiger partial charge in [0, 0.05) is 34.9 Å². The number of sulfonamides is 1. The molecule has 2 aromatic carbocycles. The molecule has 3 aromatic rings. The summed E-state index contributed by atoms with van der Waals surface area (Å²) in [5.74, 6) is -0.222. The summed E-state index contributed by atoms with van der Waals surface area (Å²) in [6.45, 7) is 0.420. The molecule has 2 N–H and O–H groups in total. The Morgan fingerprint density at radius 1 is 1.07 bits per heavy atom. The summed E-state index contributed by atoms with van der Waals surface area (Å²) in [6, 6.07) is 17.0. The number of benzene rings is 2. The van der Waals surface area contributed by atoms with Crippen molar-refractivity contribution in [2.75, 3.05) is 6.54 Å². The second-order valence-corrected chi connectivity index (χ2v) is 9.40. The highest BCUT2D eigenvalue weighted by Crippen LogP contribution is 2.26. The van der Waals surface area contributed by atoms with E-state index in [-0.39, 0.29) is 23.9 Å². The van der Waals surface area contributed by atoms with Crippen molar-refractivity contribution in [3.8, 4) is 10.6 Å². The standard InChI is InChI=1S/C19H18BrN3O3S2/c20-16-8-6-15(7-9-16)19-23-18(13-27-19)28(25,26)22-11-10-17(24)21-12-14-4-2-1-3-5-14/h1-9,13,22H,10-12H2,(H,21,24). The van der Waals surface area contributed by atoms with E-state index in [0.29, 0.717) is 11.6 Å². The van der Waals surface area contributed by atoms with Gasteiger partial charge in [-0.15, -0.1) is 11.3 Å². The number of hydrogen-bond donors (Lipinski definition) is 2. The van der Waals surface area contributed by atoms with Crippen LogP contribution in [-0.4, -0.2) is 25.9 Å². The molecule has 1 heterocycles. The maximum absolute atomic E-state index is 12.4. The van der Waals surface area contributed by atoms with E-state index in [2.05, 4.69) is 31.0 Å². The van der Waals surface area contributed by atoms with Crippen LogP contribution in [0, 0.1) is 0 Å². The van der Waals surface area contributed by atoms with Crippen molar-refractivity contribution in [2.24, 2.45) is 0 Å². The van der Waals surface area contributed by atoms with Gasteiger partial charge in [0.1, 0.15) is 5.01 Å². The molecule has 28 heavy (non-hydrogen) atoms. The highest BCUT2D eigenvalue weighted by Gasteiger charge is 2.18. The lowest BCUT2D eigenvalue weighted by Crippen LogP contribution is -2.30. The summed E-state index contributed by atoms with van der Waals surface area (Å²) in [5, 5.41) is 4.84. The fraction of sp³-hybridized carbons (Fsp3) is 0.158. The van der Waals surface area contributed by atoms with E-state index in [9.17, 15) is 13.2 Å². The molecule has 0 atom stereocenters. The second-order valence-electron chi connectivity index (χ2n) is 5.91. The Morgan fingerprint density at radius 3 is 2.50 bits per heavy atom. The van der Waals surface area contributed by atoms with E-state index in [1.807, 2.05) is 54.6 Å². The number of thiazole rings is 1. The second kappa shape index (κ2) is 9.42. The van der Waals surface area contributed by atoms with Crippen LogP contribution < -0.4 is 10.0 Å². The van der Waals surface area contributed by atoms with E-state index in [0.717, 1.165) is 15.6 Å². The summed E-state index contributed by atoms with van der Waals surface area (Å²) in [7, 11) is -3.76. The lowest BCUT2D eigenvalue weighted by Gasteiger charge is -2.06. The predicted molar refractivity (Wildman–Crippen MR) is 113 cm³/mol. The third kappa shape index (κ3) is 5.71. The molecule has 0 radical (unpaired) electrons. The van der Waals surface area contributed by atoms with Crippen LogP contribution in [0.5, 0.6) is 0 Å². The van der Waals surface area contributed by atoms with E-state index < -0.39 is 10.0 Å². The topological polar surface area (TPSA) is 88.2 Å². The van der Waals surface area contributed by atoms with E-state index in [1.54, 1.807) is 0 Å². The molecule has 0 unspecified atom stereocenters.